The van der Waals surface area contributed by atoms with Gasteiger partial charge in [0.1, 0.15) is 6.04 Å². The maximum absolute atomic E-state index is 12.0. The summed E-state index contributed by atoms with van der Waals surface area (Å²) < 4.78 is 5.46. The standard InChI is InChI=1S/C42H80N2O5/c1-2-3-4-23-29-37-36-38(37)30-24-19-15-14-17-21-26-33-41(46)49-35-27-22-18-13-11-9-7-5-6-8-10-12-16-20-25-32-40(45)44-39(42(47)48)31-28-34-43/h37-39H,2-36,43H2,1H3,(H,44,45)(H,47,48)/t37?,38?,39-/m0/s1. The first-order valence-electron chi connectivity index (χ1n) is 21.4. The largest absolute Gasteiger partial charge is 0.480 e. The fraction of sp³-hybridized carbons (Fsp3) is 0.929. The molecule has 0 aromatic rings. The van der Waals surface area contributed by atoms with Crippen molar-refractivity contribution in [3.8, 4) is 0 Å². The minimum atomic E-state index is -0.983. The minimum absolute atomic E-state index is 0.000251. The summed E-state index contributed by atoms with van der Waals surface area (Å²) >= 11 is 0. The van der Waals surface area contributed by atoms with Gasteiger partial charge < -0.3 is 20.9 Å². The number of amides is 1. The summed E-state index contributed by atoms with van der Waals surface area (Å²) in [6.07, 6.45) is 39.1. The Balaban J connectivity index is 1.73. The van der Waals surface area contributed by atoms with Crippen LogP contribution in [-0.2, 0) is 19.1 Å². The first kappa shape index (κ1) is 45.4. The van der Waals surface area contributed by atoms with Crippen LogP contribution in [0.1, 0.15) is 219 Å². The van der Waals surface area contributed by atoms with Crippen molar-refractivity contribution in [2.75, 3.05) is 13.2 Å². The Bertz CT molecular complexity index is 791. The zero-order chi connectivity index (χ0) is 35.6. The molecule has 1 aliphatic rings. The molecular formula is C42H80N2O5. The number of rotatable bonds is 38. The van der Waals surface area contributed by atoms with Crippen molar-refractivity contribution >= 4 is 17.8 Å². The molecule has 0 aromatic heterocycles. The van der Waals surface area contributed by atoms with Gasteiger partial charge in [-0.25, -0.2) is 4.79 Å². The predicted molar refractivity (Wildman–Crippen MR) is 205 cm³/mol. The average Bonchev–Trinajstić information content (AvgIpc) is 3.84. The van der Waals surface area contributed by atoms with E-state index in [9.17, 15) is 19.5 Å². The lowest BCUT2D eigenvalue weighted by atomic mass is 10.0. The highest BCUT2D eigenvalue weighted by atomic mass is 16.5. The molecule has 1 aliphatic carbocycles. The number of carbonyl (C=O) groups excluding carboxylic acids is 2. The van der Waals surface area contributed by atoms with Gasteiger partial charge in [-0.2, -0.15) is 0 Å². The first-order valence-corrected chi connectivity index (χ1v) is 21.4. The molecule has 0 radical (unpaired) electrons. The minimum Gasteiger partial charge on any atom is -0.480 e. The van der Waals surface area contributed by atoms with E-state index in [1.807, 2.05) is 0 Å². The summed E-state index contributed by atoms with van der Waals surface area (Å²) in [5, 5.41) is 11.8. The molecule has 7 heteroatoms. The normalized spacial score (nSPS) is 16.0. The Morgan fingerprint density at radius 2 is 1.04 bits per heavy atom. The highest BCUT2D eigenvalue weighted by molar-refractivity contribution is 5.83. The Hall–Kier alpha value is -1.63. The van der Waals surface area contributed by atoms with Crippen molar-refractivity contribution < 1.29 is 24.2 Å². The number of unbranched alkanes of at least 4 members (excludes halogenated alkanes) is 23. The lowest BCUT2D eigenvalue weighted by molar-refractivity contribution is -0.144. The molecule has 49 heavy (non-hydrogen) atoms. The summed E-state index contributed by atoms with van der Waals surface area (Å²) in [5.41, 5.74) is 5.44. The van der Waals surface area contributed by atoms with Crippen molar-refractivity contribution in [2.45, 2.75) is 225 Å². The smallest absolute Gasteiger partial charge is 0.326 e. The number of ether oxygens (including phenoxy) is 1. The molecule has 1 rings (SSSR count). The monoisotopic (exact) mass is 693 g/mol. The fourth-order valence-corrected chi connectivity index (χ4v) is 7.20. The van der Waals surface area contributed by atoms with E-state index in [-0.39, 0.29) is 11.9 Å². The number of hydrogen-bond acceptors (Lipinski definition) is 5. The van der Waals surface area contributed by atoms with Gasteiger partial charge >= 0.3 is 11.9 Å². The van der Waals surface area contributed by atoms with E-state index in [2.05, 4.69) is 12.2 Å². The second-order valence-corrected chi connectivity index (χ2v) is 15.3. The van der Waals surface area contributed by atoms with E-state index in [1.165, 1.54) is 141 Å². The van der Waals surface area contributed by atoms with Gasteiger partial charge in [0.25, 0.3) is 0 Å². The van der Waals surface area contributed by atoms with Crippen LogP contribution in [0.25, 0.3) is 0 Å². The van der Waals surface area contributed by atoms with Gasteiger partial charge in [0.15, 0.2) is 0 Å². The maximum atomic E-state index is 12.0. The van der Waals surface area contributed by atoms with Crippen LogP contribution in [-0.4, -0.2) is 42.1 Å². The fourth-order valence-electron chi connectivity index (χ4n) is 7.20. The van der Waals surface area contributed by atoms with E-state index in [0.717, 1.165) is 56.8 Å². The predicted octanol–water partition coefficient (Wildman–Crippen LogP) is 11.2. The molecule has 1 fully saturated rings. The van der Waals surface area contributed by atoms with E-state index >= 15 is 0 Å². The highest BCUT2D eigenvalue weighted by Crippen LogP contribution is 2.45. The van der Waals surface area contributed by atoms with Gasteiger partial charge in [0, 0.05) is 12.8 Å². The Labute approximate surface area is 302 Å². The third-order valence-electron chi connectivity index (χ3n) is 10.6. The molecular weight excluding hydrogens is 612 g/mol. The SMILES string of the molecule is CCCCCCC1CC1CCCCCCCCCC(=O)OCCCCCCCCCCCCCCCCCC(=O)N[C@@H](CCCN)C(=O)O. The third-order valence-corrected chi connectivity index (χ3v) is 10.6. The van der Waals surface area contributed by atoms with E-state index in [4.69, 9.17) is 10.5 Å². The lowest BCUT2D eigenvalue weighted by Gasteiger charge is -2.13. The first-order chi connectivity index (χ1) is 24.0. The zero-order valence-corrected chi connectivity index (χ0v) is 32.1. The Morgan fingerprint density at radius 1 is 0.612 bits per heavy atom. The molecule has 4 N–H and O–H groups in total. The summed E-state index contributed by atoms with van der Waals surface area (Å²) in [4.78, 5) is 35.2. The number of carboxylic acid groups (broad SMARTS) is 1. The molecule has 0 spiro atoms. The number of nitrogens with one attached hydrogen (secondary N) is 1. The zero-order valence-electron chi connectivity index (χ0n) is 32.1. The van der Waals surface area contributed by atoms with Crippen molar-refractivity contribution in [1.82, 2.24) is 5.32 Å². The summed E-state index contributed by atoms with van der Waals surface area (Å²) in [5.74, 6) is 0.985. The van der Waals surface area contributed by atoms with Crippen molar-refractivity contribution in [2.24, 2.45) is 17.6 Å². The molecule has 1 amide bonds. The summed E-state index contributed by atoms with van der Waals surface area (Å²) in [6.45, 7) is 3.32. The molecule has 0 aromatic carbocycles. The second-order valence-electron chi connectivity index (χ2n) is 15.3. The molecule has 0 heterocycles. The highest BCUT2D eigenvalue weighted by Gasteiger charge is 2.35. The van der Waals surface area contributed by atoms with Gasteiger partial charge in [-0.3, -0.25) is 9.59 Å². The number of aliphatic carboxylic acids is 1. The van der Waals surface area contributed by atoms with Crippen molar-refractivity contribution in [3.05, 3.63) is 0 Å². The second kappa shape index (κ2) is 33.5. The van der Waals surface area contributed by atoms with Crippen LogP contribution in [0.4, 0.5) is 0 Å². The Morgan fingerprint density at radius 3 is 1.51 bits per heavy atom. The average molecular weight is 693 g/mol. The number of esters is 1. The van der Waals surface area contributed by atoms with Gasteiger partial charge in [-0.05, 0) is 56.9 Å². The van der Waals surface area contributed by atoms with Crippen LogP contribution in [0.15, 0.2) is 0 Å². The molecule has 288 valence electrons. The maximum Gasteiger partial charge on any atom is 0.326 e. The number of hydrogen-bond donors (Lipinski definition) is 3. The van der Waals surface area contributed by atoms with Crippen LogP contribution in [0, 0.1) is 11.8 Å². The molecule has 7 nitrogen and oxygen atoms in total. The van der Waals surface area contributed by atoms with Gasteiger partial charge in [0.05, 0.1) is 6.61 Å². The topological polar surface area (TPSA) is 119 Å². The van der Waals surface area contributed by atoms with Crippen molar-refractivity contribution in [3.63, 3.8) is 0 Å². The number of carboxylic acids is 1. The lowest BCUT2D eigenvalue weighted by Crippen LogP contribution is -2.40. The quantitative estimate of drug-likeness (QED) is 0.0438. The molecule has 0 bridgehead atoms. The van der Waals surface area contributed by atoms with Crippen LogP contribution in [0.5, 0.6) is 0 Å². The van der Waals surface area contributed by atoms with Gasteiger partial charge in [-0.15, -0.1) is 0 Å². The Kier molecular flexibility index (Phi) is 31.0. The van der Waals surface area contributed by atoms with Crippen molar-refractivity contribution in [1.29, 1.82) is 0 Å². The van der Waals surface area contributed by atoms with E-state index in [1.54, 1.807) is 0 Å². The van der Waals surface area contributed by atoms with E-state index in [0.29, 0.717) is 38.8 Å². The number of carbonyl (C=O) groups is 3. The number of nitrogens with two attached hydrogens (primary N) is 1. The van der Waals surface area contributed by atoms with Crippen LogP contribution in [0.2, 0.25) is 0 Å². The molecule has 3 atom stereocenters. The summed E-state index contributed by atoms with van der Waals surface area (Å²) in [6, 6.07) is -0.817. The van der Waals surface area contributed by atoms with Gasteiger partial charge in [0.2, 0.25) is 5.91 Å². The molecule has 0 saturated heterocycles. The molecule has 2 unspecified atom stereocenters. The summed E-state index contributed by atoms with van der Waals surface area (Å²) in [7, 11) is 0. The van der Waals surface area contributed by atoms with Gasteiger partial charge in [-0.1, -0.05) is 167 Å². The molecule has 1 saturated carbocycles. The third kappa shape index (κ3) is 29.8. The van der Waals surface area contributed by atoms with E-state index < -0.39 is 12.0 Å². The van der Waals surface area contributed by atoms with Crippen LogP contribution < -0.4 is 11.1 Å². The molecule has 0 aliphatic heterocycles. The van der Waals surface area contributed by atoms with Crippen LogP contribution in [0.3, 0.4) is 0 Å². The van der Waals surface area contributed by atoms with Crippen LogP contribution >= 0.6 is 0 Å².